The summed E-state index contributed by atoms with van der Waals surface area (Å²) in [5.74, 6) is -1.58. The Morgan fingerprint density at radius 3 is 2.36 bits per heavy atom. The molecule has 1 heterocycles. The molecular weight excluding hydrogens is 375 g/mol. The molecule has 3 N–H and O–H groups in total. The highest BCUT2D eigenvalue weighted by Crippen LogP contribution is 2.29. The van der Waals surface area contributed by atoms with Crippen LogP contribution >= 0.6 is 0 Å². The van der Waals surface area contributed by atoms with E-state index in [2.05, 4.69) is 10.4 Å². The van der Waals surface area contributed by atoms with E-state index >= 15 is 0 Å². The molecule has 0 saturated heterocycles. The van der Waals surface area contributed by atoms with Gasteiger partial charge in [-0.15, -0.1) is 0 Å². The largest absolute Gasteiger partial charge is 0.416 e. The van der Waals surface area contributed by atoms with Gasteiger partial charge in [-0.05, 0) is 36.2 Å². The lowest BCUT2D eigenvalue weighted by molar-refractivity contribution is -0.143. The van der Waals surface area contributed by atoms with E-state index < -0.39 is 23.6 Å². The number of carbonyl (C=O) groups excluding carboxylic acids is 2. The molecule has 0 atom stereocenters. The summed E-state index contributed by atoms with van der Waals surface area (Å²) < 4.78 is 39.2. The van der Waals surface area contributed by atoms with Crippen molar-refractivity contribution in [3.63, 3.8) is 0 Å². The van der Waals surface area contributed by atoms with Crippen LogP contribution in [0.4, 0.5) is 18.9 Å². The lowest BCUT2D eigenvalue weighted by Gasteiger charge is -2.28. The van der Waals surface area contributed by atoms with E-state index in [0.29, 0.717) is 18.8 Å². The highest BCUT2D eigenvalue weighted by atomic mass is 19.4. The number of aromatic nitrogens is 2. The Bertz CT molecular complexity index is 844. The molecule has 0 radical (unpaired) electrons. The van der Waals surface area contributed by atoms with E-state index in [4.69, 9.17) is 5.73 Å². The van der Waals surface area contributed by atoms with Crippen molar-refractivity contribution in [3.8, 4) is 5.69 Å². The Morgan fingerprint density at radius 1 is 1.21 bits per heavy atom. The van der Waals surface area contributed by atoms with Gasteiger partial charge >= 0.3 is 18.0 Å². The number of benzene rings is 1. The van der Waals surface area contributed by atoms with Crippen molar-refractivity contribution in [1.82, 2.24) is 14.7 Å². The van der Waals surface area contributed by atoms with E-state index in [1.54, 1.807) is 0 Å². The Kier molecular flexibility index (Phi) is 6.13. The van der Waals surface area contributed by atoms with Crippen molar-refractivity contribution in [2.45, 2.75) is 20.0 Å². The van der Waals surface area contributed by atoms with Crippen LogP contribution in [0.5, 0.6) is 0 Å². The molecule has 28 heavy (non-hydrogen) atoms. The summed E-state index contributed by atoms with van der Waals surface area (Å²) in [6.45, 7) is 4.41. The second-order valence-corrected chi connectivity index (χ2v) is 7.20. The second-order valence-electron chi connectivity index (χ2n) is 7.20. The summed E-state index contributed by atoms with van der Waals surface area (Å²) >= 11 is 0. The summed E-state index contributed by atoms with van der Waals surface area (Å²) in [7, 11) is 1.50. The minimum Gasteiger partial charge on any atom is -0.337 e. The summed E-state index contributed by atoms with van der Waals surface area (Å²) in [6.07, 6.45) is -1.73. The van der Waals surface area contributed by atoms with Gasteiger partial charge in [0.25, 0.3) is 0 Å². The quantitative estimate of drug-likeness (QED) is 0.757. The van der Waals surface area contributed by atoms with Crippen LogP contribution in [0.25, 0.3) is 5.69 Å². The molecule has 2 rings (SSSR count). The molecule has 0 aliphatic carbocycles. The molecule has 0 aliphatic heterocycles. The third-order valence-corrected chi connectivity index (χ3v) is 4.06. The lowest BCUT2D eigenvalue weighted by Crippen LogP contribution is -2.44. The van der Waals surface area contributed by atoms with Crippen LogP contribution in [-0.4, -0.2) is 46.6 Å². The Balaban J connectivity index is 2.04. The first kappa shape index (κ1) is 21.4. The molecule has 0 spiro atoms. The van der Waals surface area contributed by atoms with Crippen LogP contribution in [0.2, 0.25) is 0 Å². The first-order valence-electron chi connectivity index (χ1n) is 8.42. The number of carbonyl (C=O) groups is 2. The Labute approximate surface area is 160 Å². The van der Waals surface area contributed by atoms with Crippen LogP contribution < -0.4 is 11.1 Å². The molecule has 1 aromatic carbocycles. The van der Waals surface area contributed by atoms with Gasteiger partial charge in [0, 0.05) is 13.6 Å². The van der Waals surface area contributed by atoms with Gasteiger partial charge in [-0.25, -0.2) is 4.68 Å². The molecule has 0 fully saturated rings. The number of amides is 2. The molecule has 0 bridgehead atoms. The summed E-state index contributed by atoms with van der Waals surface area (Å²) in [4.78, 5) is 25.6. The highest BCUT2D eigenvalue weighted by Gasteiger charge is 2.30. The zero-order valence-electron chi connectivity index (χ0n) is 15.7. The van der Waals surface area contributed by atoms with E-state index in [1.807, 2.05) is 13.8 Å². The molecular formula is C18H22F3N5O2. The van der Waals surface area contributed by atoms with E-state index in [1.165, 1.54) is 41.2 Å². The van der Waals surface area contributed by atoms with Crippen LogP contribution in [0, 0.1) is 5.41 Å². The number of nitrogens with two attached hydrogens (primary N) is 1. The van der Waals surface area contributed by atoms with Gasteiger partial charge in [0.15, 0.2) is 0 Å². The van der Waals surface area contributed by atoms with Crippen LogP contribution in [0.3, 0.4) is 0 Å². The molecule has 0 saturated carbocycles. The van der Waals surface area contributed by atoms with Crippen LogP contribution in [-0.2, 0) is 15.8 Å². The summed E-state index contributed by atoms with van der Waals surface area (Å²) in [5.41, 5.74) is 5.14. The van der Waals surface area contributed by atoms with Crippen LogP contribution in [0.1, 0.15) is 19.4 Å². The SMILES string of the molecule is CN(CC(C)(C)CN)C(=O)C(=O)Nc1cnn(-c2ccc(C(F)(F)F)cc2)c1. The van der Waals surface area contributed by atoms with E-state index in [0.717, 1.165) is 12.1 Å². The number of rotatable bonds is 5. The highest BCUT2D eigenvalue weighted by molar-refractivity contribution is 6.39. The van der Waals surface area contributed by atoms with Crippen molar-refractivity contribution >= 4 is 17.5 Å². The van der Waals surface area contributed by atoms with Gasteiger partial charge in [0.05, 0.1) is 29.3 Å². The number of hydrogen-bond acceptors (Lipinski definition) is 4. The number of anilines is 1. The average Bonchev–Trinajstić information content (AvgIpc) is 3.08. The van der Waals surface area contributed by atoms with Crippen molar-refractivity contribution in [2.75, 3.05) is 25.5 Å². The second kappa shape index (κ2) is 8.01. The fourth-order valence-corrected chi connectivity index (χ4v) is 2.47. The Hall–Kier alpha value is -2.88. The minimum absolute atomic E-state index is 0.240. The van der Waals surface area contributed by atoms with Crippen molar-refractivity contribution in [2.24, 2.45) is 11.1 Å². The smallest absolute Gasteiger partial charge is 0.337 e. The van der Waals surface area contributed by atoms with Gasteiger partial charge in [-0.2, -0.15) is 18.3 Å². The van der Waals surface area contributed by atoms with E-state index in [9.17, 15) is 22.8 Å². The van der Waals surface area contributed by atoms with Gasteiger partial charge in [0.1, 0.15) is 0 Å². The molecule has 0 unspecified atom stereocenters. The number of likely N-dealkylation sites (N-methyl/N-ethyl adjacent to an activating group) is 1. The van der Waals surface area contributed by atoms with Crippen molar-refractivity contribution in [1.29, 1.82) is 0 Å². The standard InChI is InChI=1S/C18H22F3N5O2/c1-17(2,10-22)11-25(3)16(28)15(27)24-13-8-23-26(9-13)14-6-4-12(5-7-14)18(19,20)21/h4-9H,10-11,22H2,1-3H3,(H,24,27). The third-order valence-electron chi connectivity index (χ3n) is 4.06. The molecule has 152 valence electrons. The zero-order chi connectivity index (χ0) is 21.1. The first-order valence-corrected chi connectivity index (χ1v) is 8.42. The van der Waals surface area contributed by atoms with Gasteiger partial charge in [-0.3, -0.25) is 9.59 Å². The predicted molar refractivity (Wildman–Crippen MR) is 97.7 cm³/mol. The maximum Gasteiger partial charge on any atom is 0.416 e. The molecule has 2 aromatic rings. The van der Waals surface area contributed by atoms with Gasteiger partial charge in [-0.1, -0.05) is 13.8 Å². The third kappa shape index (κ3) is 5.32. The number of halogens is 3. The van der Waals surface area contributed by atoms with Crippen molar-refractivity contribution in [3.05, 3.63) is 42.2 Å². The lowest BCUT2D eigenvalue weighted by atomic mass is 9.93. The molecule has 10 heteroatoms. The zero-order valence-corrected chi connectivity index (χ0v) is 15.7. The number of nitrogens with zero attached hydrogens (tertiary/aromatic N) is 3. The topological polar surface area (TPSA) is 93.2 Å². The molecule has 7 nitrogen and oxygen atoms in total. The predicted octanol–water partition coefficient (Wildman–Crippen LogP) is 2.27. The minimum atomic E-state index is -4.42. The van der Waals surface area contributed by atoms with E-state index in [-0.39, 0.29) is 11.1 Å². The van der Waals surface area contributed by atoms with Gasteiger partial charge in [0.2, 0.25) is 0 Å². The van der Waals surface area contributed by atoms with Gasteiger partial charge < -0.3 is 16.0 Å². The normalized spacial score (nSPS) is 12.0. The van der Waals surface area contributed by atoms with Crippen LogP contribution in [0.15, 0.2) is 36.7 Å². The first-order chi connectivity index (χ1) is 12.9. The molecule has 0 aliphatic rings. The summed E-state index contributed by atoms with van der Waals surface area (Å²) in [6, 6.07) is 4.39. The fourth-order valence-electron chi connectivity index (χ4n) is 2.47. The monoisotopic (exact) mass is 397 g/mol. The number of hydrogen-bond donors (Lipinski definition) is 2. The fraction of sp³-hybridized carbons (Fsp3) is 0.389. The maximum absolute atomic E-state index is 12.6. The summed E-state index contributed by atoms with van der Waals surface area (Å²) in [5, 5.41) is 6.41. The number of alkyl halides is 3. The molecule has 1 aromatic heterocycles. The van der Waals surface area contributed by atoms with Crippen molar-refractivity contribution < 1.29 is 22.8 Å². The Morgan fingerprint density at radius 2 is 1.82 bits per heavy atom. The average molecular weight is 397 g/mol. The molecule has 2 amide bonds. The maximum atomic E-state index is 12.6. The number of nitrogens with one attached hydrogen (secondary N) is 1.